The first kappa shape index (κ1) is 9.85. The molecule has 0 aliphatic heterocycles. The van der Waals surface area contributed by atoms with Crippen molar-refractivity contribution in [2.45, 2.75) is 26.7 Å². The molecule has 0 aromatic heterocycles. The second-order valence-corrected chi connectivity index (χ2v) is 1.11. The fraction of sp³-hybridized carbons (Fsp3) is 0.800. The van der Waals surface area contributed by atoms with Crippen molar-refractivity contribution in [2.24, 2.45) is 0 Å². The number of rotatable bonds is 2. The molecule has 0 spiro atoms. The van der Waals surface area contributed by atoms with Crippen molar-refractivity contribution < 1.29 is 21.1 Å². The van der Waals surface area contributed by atoms with Crippen molar-refractivity contribution in [1.29, 1.82) is 0 Å². The minimum absolute atomic E-state index is 0. The molecule has 0 saturated carbocycles. The van der Waals surface area contributed by atoms with E-state index in [0.29, 0.717) is 0 Å². The minimum atomic E-state index is 0. The second kappa shape index (κ2) is 9.19. The van der Waals surface area contributed by atoms with Crippen molar-refractivity contribution >= 4 is 0 Å². The van der Waals surface area contributed by atoms with Crippen LogP contribution >= 0.6 is 0 Å². The molecular formula is C5H11Pt-. The van der Waals surface area contributed by atoms with Gasteiger partial charge in [-0.3, -0.25) is 0 Å². The number of hydrogen-bond acceptors (Lipinski definition) is 0. The van der Waals surface area contributed by atoms with Crippen LogP contribution in [0.25, 0.3) is 0 Å². The van der Waals surface area contributed by atoms with Crippen molar-refractivity contribution in [3.05, 3.63) is 6.42 Å². The molecule has 0 rings (SSSR count). The van der Waals surface area contributed by atoms with Crippen molar-refractivity contribution in [3.63, 3.8) is 0 Å². The zero-order chi connectivity index (χ0) is 4.12. The van der Waals surface area contributed by atoms with Gasteiger partial charge < -0.3 is 6.42 Å². The van der Waals surface area contributed by atoms with Gasteiger partial charge in [-0.05, 0) is 0 Å². The van der Waals surface area contributed by atoms with Gasteiger partial charge in [-0.25, -0.2) is 0 Å². The summed E-state index contributed by atoms with van der Waals surface area (Å²) in [4.78, 5) is 0. The van der Waals surface area contributed by atoms with E-state index in [-0.39, 0.29) is 21.1 Å². The second-order valence-electron chi connectivity index (χ2n) is 1.11. The summed E-state index contributed by atoms with van der Waals surface area (Å²) in [6.07, 6.45) is 4.69. The molecule has 0 aromatic rings. The Morgan fingerprint density at radius 1 is 1.17 bits per heavy atom. The maximum Gasteiger partial charge on any atom is 0 e. The first-order chi connectivity index (χ1) is 2.41. The zero-order valence-corrected chi connectivity index (χ0v) is 6.58. The molecule has 1 heteroatoms. The Labute approximate surface area is 54.6 Å². The molecule has 0 aliphatic rings. The van der Waals surface area contributed by atoms with Crippen LogP contribution in [0.15, 0.2) is 0 Å². The van der Waals surface area contributed by atoms with Crippen LogP contribution in [0.2, 0.25) is 0 Å². The molecule has 0 atom stereocenters. The van der Waals surface area contributed by atoms with Crippen molar-refractivity contribution in [2.75, 3.05) is 0 Å². The van der Waals surface area contributed by atoms with E-state index in [1.807, 2.05) is 0 Å². The SMILES string of the molecule is CC[CH-]CC.[Pt]. The largest absolute Gasteiger partial charge is 0.329 e. The summed E-state index contributed by atoms with van der Waals surface area (Å²) in [7, 11) is 0. The Bertz CT molecular complexity index is 11.4. The Morgan fingerprint density at radius 3 is 1.50 bits per heavy atom. The van der Waals surface area contributed by atoms with E-state index in [1.165, 1.54) is 12.8 Å². The molecule has 42 valence electrons. The summed E-state index contributed by atoms with van der Waals surface area (Å²) >= 11 is 0. The first-order valence-electron chi connectivity index (χ1n) is 2.23. The third-order valence-corrected chi connectivity index (χ3v) is 0.577. The molecule has 0 N–H and O–H groups in total. The summed E-state index contributed by atoms with van der Waals surface area (Å²) in [6.45, 7) is 4.31. The van der Waals surface area contributed by atoms with Gasteiger partial charge in [0.2, 0.25) is 0 Å². The van der Waals surface area contributed by atoms with Gasteiger partial charge in [0.05, 0.1) is 0 Å². The third-order valence-electron chi connectivity index (χ3n) is 0.577. The molecule has 0 fully saturated rings. The zero-order valence-electron chi connectivity index (χ0n) is 4.31. The molecule has 0 unspecified atom stereocenters. The van der Waals surface area contributed by atoms with Crippen molar-refractivity contribution in [3.8, 4) is 0 Å². The van der Waals surface area contributed by atoms with Gasteiger partial charge in [0.1, 0.15) is 0 Å². The van der Waals surface area contributed by atoms with Crippen LogP contribution in [-0.4, -0.2) is 0 Å². The summed E-state index contributed by atoms with van der Waals surface area (Å²) in [5.74, 6) is 0. The van der Waals surface area contributed by atoms with E-state index >= 15 is 0 Å². The summed E-state index contributed by atoms with van der Waals surface area (Å²) in [5.41, 5.74) is 0. The predicted molar refractivity (Wildman–Crippen MR) is 24.9 cm³/mol. The normalized spacial score (nSPS) is 7.00. The Morgan fingerprint density at radius 2 is 1.50 bits per heavy atom. The maximum atomic E-state index is 2.25. The van der Waals surface area contributed by atoms with Gasteiger partial charge in [0, 0.05) is 21.1 Å². The van der Waals surface area contributed by atoms with Gasteiger partial charge >= 0.3 is 0 Å². The molecule has 0 radical (unpaired) electrons. The molecular weight excluding hydrogens is 255 g/mol. The van der Waals surface area contributed by atoms with E-state index in [0.717, 1.165) is 0 Å². The molecule has 0 bridgehead atoms. The number of hydrogen-bond donors (Lipinski definition) is 0. The van der Waals surface area contributed by atoms with E-state index in [1.54, 1.807) is 0 Å². The molecule has 0 heterocycles. The predicted octanol–water partition coefficient (Wildman–Crippen LogP) is 2.01. The molecule has 0 nitrogen and oxygen atoms in total. The molecule has 0 aliphatic carbocycles. The van der Waals surface area contributed by atoms with Crippen LogP contribution < -0.4 is 0 Å². The van der Waals surface area contributed by atoms with Crippen molar-refractivity contribution in [1.82, 2.24) is 0 Å². The monoisotopic (exact) mass is 266 g/mol. The first-order valence-corrected chi connectivity index (χ1v) is 2.23. The van der Waals surface area contributed by atoms with E-state index < -0.39 is 0 Å². The van der Waals surface area contributed by atoms with E-state index in [4.69, 9.17) is 0 Å². The smallest absolute Gasteiger partial charge is 0 e. The van der Waals surface area contributed by atoms with Gasteiger partial charge in [-0.1, -0.05) is 13.8 Å². The van der Waals surface area contributed by atoms with Crippen LogP contribution in [0.3, 0.4) is 0 Å². The van der Waals surface area contributed by atoms with Crippen LogP contribution in [0.1, 0.15) is 26.7 Å². The minimum Gasteiger partial charge on any atom is -0.329 e. The molecule has 6 heavy (non-hydrogen) atoms. The molecule has 0 aromatic carbocycles. The molecule has 0 saturated heterocycles. The maximum absolute atomic E-state index is 2.25. The van der Waals surface area contributed by atoms with E-state index in [9.17, 15) is 0 Å². The standard InChI is InChI=1S/C5H11.Pt/c1-3-5-4-2;/h5H,3-4H2,1-2H3;/q-1;. The fourth-order valence-corrected chi connectivity index (χ4v) is 0.289. The van der Waals surface area contributed by atoms with E-state index in [2.05, 4.69) is 20.3 Å². The summed E-state index contributed by atoms with van der Waals surface area (Å²) in [6, 6.07) is 0. The van der Waals surface area contributed by atoms with Gasteiger partial charge in [0.15, 0.2) is 0 Å². The fourth-order valence-electron chi connectivity index (χ4n) is 0.289. The summed E-state index contributed by atoms with van der Waals surface area (Å²) < 4.78 is 0. The van der Waals surface area contributed by atoms with Crippen LogP contribution in [0.4, 0.5) is 0 Å². The van der Waals surface area contributed by atoms with Gasteiger partial charge in [-0.2, -0.15) is 12.8 Å². The van der Waals surface area contributed by atoms with Crippen LogP contribution in [0, 0.1) is 6.42 Å². The average molecular weight is 266 g/mol. The summed E-state index contributed by atoms with van der Waals surface area (Å²) in [5, 5.41) is 0. The third kappa shape index (κ3) is 8.82. The Hall–Kier alpha value is 0.688. The van der Waals surface area contributed by atoms with Crippen LogP contribution in [-0.2, 0) is 21.1 Å². The Kier molecular flexibility index (Phi) is 15.1. The molecule has 0 amide bonds. The van der Waals surface area contributed by atoms with Crippen LogP contribution in [0.5, 0.6) is 0 Å². The number of unbranched alkanes of at least 4 members (excludes halogenated alkanes) is 2. The quantitative estimate of drug-likeness (QED) is 0.671. The topological polar surface area (TPSA) is 0 Å². The van der Waals surface area contributed by atoms with Gasteiger partial charge in [0.25, 0.3) is 0 Å². The Balaban J connectivity index is 0. The average Bonchev–Trinajstić information content (AvgIpc) is 1.41. The van der Waals surface area contributed by atoms with Gasteiger partial charge in [-0.15, -0.1) is 0 Å².